The first-order valence-corrected chi connectivity index (χ1v) is 6.03. The van der Waals surface area contributed by atoms with E-state index in [4.69, 9.17) is 15.7 Å². The predicted octanol–water partition coefficient (Wildman–Crippen LogP) is 2.01. The maximum Gasteiger partial charge on any atom is 0.298 e. The summed E-state index contributed by atoms with van der Waals surface area (Å²) in [6.07, 6.45) is 0. The van der Waals surface area contributed by atoms with Crippen LogP contribution in [0.25, 0.3) is 11.1 Å². The molecule has 2 aromatic rings. The van der Waals surface area contributed by atoms with Gasteiger partial charge in [-0.25, -0.2) is 0 Å². The van der Waals surface area contributed by atoms with Crippen molar-refractivity contribution in [2.75, 3.05) is 0 Å². The van der Waals surface area contributed by atoms with Crippen LogP contribution < -0.4 is 10.9 Å². The van der Waals surface area contributed by atoms with Crippen molar-refractivity contribution in [2.24, 2.45) is 0 Å². The van der Waals surface area contributed by atoms with E-state index in [0.29, 0.717) is 22.3 Å². The van der Waals surface area contributed by atoms with Gasteiger partial charge >= 0.3 is 0 Å². The van der Waals surface area contributed by atoms with Crippen molar-refractivity contribution in [3.8, 4) is 11.1 Å². The molecule has 0 fully saturated rings. The maximum atomic E-state index is 14.7. The van der Waals surface area contributed by atoms with Crippen molar-refractivity contribution in [2.45, 2.75) is 19.8 Å². The van der Waals surface area contributed by atoms with Gasteiger partial charge in [-0.15, -0.1) is 0 Å². The Morgan fingerprint density at radius 2 is 1.16 bits per heavy atom. The SMILES string of the molecule is [B]c1c(C)ccc2c1C(F)(F)c1c-2ccc(C)c1[B]. The molecule has 0 unspecified atom stereocenters. The minimum Gasteiger partial charge on any atom is -0.196 e. The molecule has 1 aliphatic carbocycles. The molecule has 0 bridgehead atoms. The van der Waals surface area contributed by atoms with E-state index in [-0.39, 0.29) is 22.1 Å². The topological polar surface area (TPSA) is 0 Å². The third-order valence-corrected chi connectivity index (χ3v) is 3.85. The summed E-state index contributed by atoms with van der Waals surface area (Å²) in [5.41, 5.74) is 2.35. The van der Waals surface area contributed by atoms with Crippen LogP contribution in [0.15, 0.2) is 24.3 Å². The molecular formula is C15H10B2F2. The Labute approximate surface area is 113 Å². The van der Waals surface area contributed by atoms with Crippen LogP contribution in [-0.2, 0) is 5.92 Å². The largest absolute Gasteiger partial charge is 0.298 e. The van der Waals surface area contributed by atoms with Crippen LogP contribution in [-0.4, -0.2) is 15.7 Å². The summed E-state index contributed by atoms with van der Waals surface area (Å²) in [5.74, 6) is -3.13. The summed E-state index contributed by atoms with van der Waals surface area (Å²) < 4.78 is 29.3. The van der Waals surface area contributed by atoms with Crippen LogP contribution in [0.5, 0.6) is 0 Å². The van der Waals surface area contributed by atoms with Gasteiger partial charge in [0.05, 0.1) is 0 Å². The third kappa shape index (κ3) is 1.46. The molecule has 0 atom stereocenters. The lowest BCUT2D eigenvalue weighted by atomic mass is 9.81. The van der Waals surface area contributed by atoms with Crippen LogP contribution in [0.3, 0.4) is 0 Å². The van der Waals surface area contributed by atoms with Gasteiger partial charge in [-0.1, -0.05) is 46.3 Å². The lowest BCUT2D eigenvalue weighted by molar-refractivity contribution is 0.0501. The monoisotopic (exact) mass is 250 g/mol. The maximum absolute atomic E-state index is 14.7. The van der Waals surface area contributed by atoms with Crippen molar-refractivity contribution in [1.82, 2.24) is 0 Å². The zero-order valence-corrected chi connectivity index (χ0v) is 10.7. The highest BCUT2D eigenvalue weighted by atomic mass is 19.3. The van der Waals surface area contributed by atoms with Crippen molar-refractivity contribution in [3.05, 3.63) is 46.5 Å². The Morgan fingerprint density at radius 1 is 0.789 bits per heavy atom. The summed E-state index contributed by atoms with van der Waals surface area (Å²) in [4.78, 5) is 0. The summed E-state index contributed by atoms with van der Waals surface area (Å²) in [6.45, 7) is 3.45. The highest BCUT2D eigenvalue weighted by Crippen LogP contribution is 2.49. The van der Waals surface area contributed by atoms with Gasteiger partial charge < -0.3 is 0 Å². The number of aryl methyl sites for hydroxylation is 2. The first-order chi connectivity index (χ1) is 8.85. The van der Waals surface area contributed by atoms with Gasteiger partial charge in [0.2, 0.25) is 0 Å². The number of fused-ring (bicyclic) bond motifs is 3. The minimum atomic E-state index is -3.13. The Morgan fingerprint density at radius 3 is 1.53 bits per heavy atom. The molecule has 0 saturated heterocycles. The van der Waals surface area contributed by atoms with E-state index in [2.05, 4.69) is 0 Å². The second kappa shape index (κ2) is 3.72. The average molecular weight is 250 g/mol. The minimum absolute atomic E-state index is 0.111. The molecule has 0 aliphatic heterocycles. The number of hydrogen-bond acceptors (Lipinski definition) is 0. The molecule has 4 heteroatoms. The lowest BCUT2D eigenvalue weighted by Crippen LogP contribution is -2.28. The Balaban J connectivity index is 2.46. The molecule has 2 aromatic carbocycles. The summed E-state index contributed by atoms with van der Waals surface area (Å²) in [6, 6.07) is 6.90. The van der Waals surface area contributed by atoms with Crippen molar-refractivity contribution in [1.29, 1.82) is 0 Å². The molecule has 0 heterocycles. The van der Waals surface area contributed by atoms with Crippen LogP contribution >= 0.6 is 0 Å². The van der Waals surface area contributed by atoms with Crippen LogP contribution in [0, 0.1) is 13.8 Å². The van der Waals surface area contributed by atoms with E-state index in [1.54, 1.807) is 38.1 Å². The summed E-state index contributed by atoms with van der Waals surface area (Å²) >= 11 is 0. The fourth-order valence-electron chi connectivity index (χ4n) is 2.70. The van der Waals surface area contributed by atoms with Gasteiger partial charge in [0.25, 0.3) is 5.92 Å². The smallest absolute Gasteiger partial charge is 0.196 e. The van der Waals surface area contributed by atoms with E-state index in [0.717, 1.165) is 0 Å². The van der Waals surface area contributed by atoms with E-state index >= 15 is 0 Å². The molecule has 0 spiro atoms. The fraction of sp³-hybridized carbons (Fsp3) is 0.200. The number of halogens is 2. The molecule has 0 amide bonds. The summed E-state index contributed by atoms with van der Waals surface area (Å²) in [7, 11) is 11.7. The highest BCUT2D eigenvalue weighted by Gasteiger charge is 2.46. The van der Waals surface area contributed by atoms with Gasteiger partial charge in [-0.3, -0.25) is 0 Å². The number of benzene rings is 2. The zero-order valence-electron chi connectivity index (χ0n) is 10.7. The van der Waals surface area contributed by atoms with Gasteiger partial charge in [0.1, 0.15) is 15.7 Å². The van der Waals surface area contributed by atoms with Gasteiger partial charge in [-0.2, -0.15) is 8.78 Å². The molecule has 4 radical (unpaired) electrons. The number of alkyl halides is 2. The Bertz CT molecular complexity index is 646. The van der Waals surface area contributed by atoms with Crippen molar-refractivity contribution >= 4 is 26.6 Å². The van der Waals surface area contributed by atoms with E-state index in [1.807, 2.05) is 0 Å². The lowest BCUT2D eigenvalue weighted by Gasteiger charge is -2.18. The predicted molar refractivity (Wildman–Crippen MR) is 75.1 cm³/mol. The second-order valence-corrected chi connectivity index (χ2v) is 5.01. The highest BCUT2D eigenvalue weighted by molar-refractivity contribution is 6.37. The molecule has 19 heavy (non-hydrogen) atoms. The number of hydrogen-bond donors (Lipinski definition) is 0. The van der Waals surface area contributed by atoms with Gasteiger partial charge in [0.15, 0.2) is 0 Å². The molecule has 0 N–H and O–H groups in total. The van der Waals surface area contributed by atoms with Crippen LogP contribution in [0.4, 0.5) is 8.78 Å². The normalized spacial score (nSPS) is 15.2. The molecule has 0 aromatic heterocycles. The molecular weight excluding hydrogens is 240 g/mol. The molecule has 3 rings (SSSR count). The van der Waals surface area contributed by atoms with Crippen LogP contribution in [0.1, 0.15) is 22.3 Å². The Kier molecular flexibility index (Phi) is 2.44. The van der Waals surface area contributed by atoms with Crippen molar-refractivity contribution < 1.29 is 8.78 Å². The first-order valence-electron chi connectivity index (χ1n) is 6.03. The second-order valence-electron chi connectivity index (χ2n) is 5.01. The van der Waals surface area contributed by atoms with E-state index in [1.165, 1.54) is 0 Å². The molecule has 0 saturated carbocycles. The number of rotatable bonds is 0. The third-order valence-electron chi connectivity index (χ3n) is 3.85. The fourth-order valence-corrected chi connectivity index (χ4v) is 2.70. The average Bonchev–Trinajstić information content (AvgIpc) is 2.58. The standard InChI is InChI=1S/C15H10B2F2/c1-7-3-5-9-10-6-4-8(2)14(17)12(10)15(18,19)11(9)13(7)16/h3-6H,1-2H3. The summed E-state index contributed by atoms with van der Waals surface area (Å²) in [5, 5.41) is 0. The molecule has 0 nitrogen and oxygen atoms in total. The van der Waals surface area contributed by atoms with Crippen molar-refractivity contribution in [3.63, 3.8) is 0 Å². The Hall–Kier alpha value is -1.57. The molecule has 1 aliphatic rings. The first kappa shape index (κ1) is 12.5. The van der Waals surface area contributed by atoms with E-state index < -0.39 is 5.92 Å². The van der Waals surface area contributed by atoms with Gasteiger partial charge in [0, 0.05) is 11.1 Å². The zero-order chi connectivity index (χ0) is 13.9. The van der Waals surface area contributed by atoms with Crippen LogP contribution in [0.2, 0.25) is 0 Å². The molecule has 90 valence electrons. The van der Waals surface area contributed by atoms with Gasteiger partial charge in [-0.05, 0) is 25.0 Å². The quantitative estimate of drug-likeness (QED) is 0.627. The van der Waals surface area contributed by atoms with E-state index in [9.17, 15) is 8.78 Å².